The van der Waals surface area contributed by atoms with Crippen LogP contribution >= 0.6 is 0 Å². The predicted molar refractivity (Wildman–Crippen MR) is 102 cm³/mol. The maximum absolute atomic E-state index is 5.93. The quantitative estimate of drug-likeness (QED) is 0.672. The lowest BCUT2D eigenvalue weighted by Crippen LogP contribution is -2.23. The maximum Gasteiger partial charge on any atom is 0.157 e. The molecule has 140 valence electrons. The van der Waals surface area contributed by atoms with E-state index in [-0.39, 0.29) is 6.23 Å². The van der Waals surface area contributed by atoms with Crippen LogP contribution in [-0.4, -0.2) is 40.2 Å². The van der Waals surface area contributed by atoms with Gasteiger partial charge >= 0.3 is 0 Å². The van der Waals surface area contributed by atoms with Gasteiger partial charge in [0.2, 0.25) is 0 Å². The molecule has 1 atom stereocenters. The average Bonchev–Trinajstić information content (AvgIpc) is 3.33. The summed E-state index contributed by atoms with van der Waals surface area (Å²) in [4.78, 5) is 2.28. The van der Waals surface area contributed by atoms with E-state index in [4.69, 9.17) is 9.47 Å². The molecular weight excluding hydrogens is 340 g/mol. The Morgan fingerprint density at radius 3 is 2.48 bits per heavy atom. The highest BCUT2D eigenvalue weighted by Crippen LogP contribution is 2.27. The van der Waals surface area contributed by atoms with Crippen LogP contribution < -0.4 is 4.74 Å². The van der Waals surface area contributed by atoms with E-state index >= 15 is 0 Å². The van der Waals surface area contributed by atoms with E-state index in [0.29, 0.717) is 13.2 Å². The molecule has 0 bridgehead atoms. The fourth-order valence-corrected chi connectivity index (χ4v) is 3.29. The van der Waals surface area contributed by atoms with Crippen LogP contribution in [0.15, 0.2) is 54.7 Å². The van der Waals surface area contributed by atoms with E-state index in [9.17, 15) is 0 Å². The summed E-state index contributed by atoms with van der Waals surface area (Å²) in [6, 6.07) is 16.6. The molecule has 6 nitrogen and oxygen atoms in total. The van der Waals surface area contributed by atoms with Gasteiger partial charge in [-0.2, -0.15) is 0 Å². The van der Waals surface area contributed by atoms with Gasteiger partial charge in [0.05, 0.1) is 26.5 Å². The number of rotatable bonds is 6. The molecule has 0 amide bonds. The fourth-order valence-electron chi connectivity index (χ4n) is 3.29. The first-order chi connectivity index (χ1) is 13.2. The van der Waals surface area contributed by atoms with E-state index in [1.54, 1.807) is 7.11 Å². The van der Waals surface area contributed by atoms with Crippen LogP contribution in [0, 0.1) is 6.92 Å². The van der Waals surface area contributed by atoms with Gasteiger partial charge < -0.3 is 9.47 Å². The molecule has 0 aliphatic carbocycles. The van der Waals surface area contributed by atoms with Crippen molar-refractivity contribution in [3.05, 3.63) is 77.1 Å². The Hall–Kier alpha value is -2.70. The van der Waals surface area contributed by atoms with Crippen LogP contribution in [-0.2, 0) is 17.8 Å². The third-order valence-corrected chi connectivity index (χ3v) is 4.81. The minimum absolute atomic E-state index is 0.154. The number of methoxy groups -OCH3 is 1. The summed E-state index contributed by atoms with van der Waals surface area (Å²) in [7, 11) is 1.68. The van der Waals surface area contributed by atoms with E-state index in [2.05, 4.69) is 58.5 Å². The highest BCUT2D eigenvalue weighted by Gasteiger charge is 2.29. The van der Waals surface area contributed by atoms with Gasteiger partial charge in [0.1, 0.15) is 11.4 Å². The molecule has 0 spiro atoms. The SMILES string of the molecule is COc1ccc(CN2CCO[C@@H]2c2cn(Cc3ccc(C)cc3)nn2)cc1. The first-order valence-corrected chi connectivity index (χ1v) is 9.15. The molecule has 1 fully saturated rings. The molecule has 6 heteroatoms. The van der Waals surface area contributed by atoms with Gasteiger partial charge in [-0.15, -0.1) is 5.10 Å². The second kappa shape index (κ2) is 7.90. The predicted octanol–water partition coefficient (Wildman–Crippen LogP) is 3.17. The second-order valence-corrected chi connectivity index (χ2v) is 6.87. The van der Waals surface area contributed by atoms with Crippen molar-refractivity contribution in [1.82, 2.24) is 19.9 Å². The Labute approximate surface area is 159 Å². The van der Waals surface area contributed by atoms with Crippen LogP contribution in [0.4, 0.5) is 0 Å². The molecule has 27 heavy (non-hydrogen) atoms. The van der Waals surface area contributed by atoms with Crippen molar-refractivity contribution in [2.24, 2.45) is 0 Å². The molecule has 1 saturated heterocycles. The fraction of sp³-hybridized carbons (Fsp3) is 0.333. The third kappa shape index (κ3) is 4.18. The second-order valence-electron chi connectivity index (χ2n) is 6.87. The minimum Gasteiger partial charge on any atom is -0.497 e. The summed E-state index contributed by atoms with van der Waals surface area (Å²) in [5.74, 6) is 0.868. The van der Waals surface area contributed by atoms with Gasteiger partial charge in [0, 0.05) is 13.1 Å². The summed E-state index contributed by atoms with van der Waals surface area (Å²) in [6.07, 6.45) is 1.83. The number of aromatic nitrogens is 3. The van der Waals surface area contributed by atoms with Crippen molar-refractivity contribution >= 4 is 0 Å². The molecule has 0 radical (unpaired) electrons. The average molecular weight is 364 g/mol. The van der Waals surface area contributed by atoms with Crippen LogP contribution in [0.25, 0.3) is 0 Å². The zero-order chi connectivity index (χ0) is 18.6. The molecular formula is C21H24N4O2. The third-order valence-electron chi connectivity index (χ3n) is 4.81. The zero-order valence-electron chi connectivity index (χ0n) is 15.7. The van der Waals surface area contributed by atoms with Crippen LogP contribution in [0.5, 0.6) is 5.75 Å². The minimum atomic E-state index is -0.154. The smallest absolute Gasteiger partial charge is 0.157 e. The molecule has 1 aliphatic rings. The first kappa shape index (κ1) is 17.7. The monoisotopic (exact) mass is 364 g/mol. The summed E-state index contributed by atoms with van der Waals surface area (Å²) >= 11 is 0. The Balaban J connectivity index is 1.43. The molecule has 0 saturated carbocycles. The molecule has 1 aliphatic heterocycles. The summed E-state index contributed by atoms with van der Waals surface area (Å²) in [5.41, 5.74) is 4.54. The molecule has 0 unspecified atom stereocenters. The highest BCUT2D eigenvalue weighted by molar-refractivity contribution is 5.27. The Kier molecular flexibility index (Phi) is 5.18. The lowest BCUT2D eigenvalue weighted by molar-refractivity contribution is 0.0252. The highest BCUT2D eigenvalue weighted by atomic mass is 16.5. The van der Waals surface area contributed by atoms with E-state index < -0.39 is 0 Å². The van der Waals surface area contributed by atoms with Gasteiger partial charge in [-0.25, -0.2) is 4.68 Å². The summed E-state index contributed by atoms with van der Waals surface area (Å²) in [5, 5.41) is 8.64. The van der Waals surface area contributed by atoms with Crippen molar-refractivity contribution in [1.29, 1.82) is 0 Å². The van der Waals surface area contributed by atoms with Crippen molar-refractivity contribution in [2.45, 2.75) is 26.2 Å². The Morgan fingerprint density at radius 1 is 1.04 bits per heavy atom. The number of nitrogens with zero attached hydrogens (tertiary/aromatic N) is 4. The summed E-state index contributed by atoms with van der Waals surface area (Å²) < 4.78 is 13.0. The van der Waals surface area contributed by atoms with Crippen LogP contribution in [0.1, 0.15) is 28.6 Å². The topological polar surface area (TPSA) is 52.4 Å². The standard InChI is InChI=1S/C21H24N4O2/c1-16-3-5-18(6-4-16)14-25-15-20(22-23-25)21-24(11-12-27-21)13-17-7-9-19(26-2)10-8-17/h3-10,15,21H,11-14H2,1-2H3/t21-/m1/s1. The first-order valence-electron chi connectivity index (χ1n) is 9.15. The lowest BCUT2D eigenvalue weighted by atomic mass is 10.1. The van der Waals surface area contributed by atoms with Gasteiger partial charge in [-0.3, -0.25) is 4.90 Å². The van der Waals surface area contributed by atoms with Gasteiger partial charge in [-0.05, 0) is 30.2 Å². The zero-order valence-corrected chi connectivity index (χ0v) is 15.7. The number of benzene rings is 2. The van der Waals surface area contributed by atoms with E-state index in [1.807, 2.05) is 23.0 Å². The summed E-state index contributed by atoms with van der Waals surface area (Å²) in [6.45, 7) is 5.18. The van der Waals surface area contributed by atoms with E-state index in [0.717, 1.165) is 24.5 Å². The van der Waals surface area contributed by atoms with Crippen molar-refractivity contribution in [3.8, 4) is 5.75 Å². The normalized spacial score (nSPS) is 17.3. The van der Waals surface area contributed by atoms with Gasteiger partial charge in [0.25, 0.3) is 0 Å². The Morgan fingerprint density at radius 2 is 1.74 bits per heavy atom. The Bertz CT molecular complexity index is 874. The number of hydrogen-bond donors (Lipinski definition) is 0. The largest absolute Gasteiger partial charge is 0.497 e. The molecule has 2 heterocycles. The number of ether oxygens (including phenoxy) is 2. The maximum atomic E-state index is 5.93. The van der Waals surface area contributed by atoms with E-state index in [1.165, 1.54) is 16.7 Å². The van der Waals surface area contributed by atoms with Gasteiger partial charge in [-0.1, -0.05) is 47.2 Å². The van der Waals surface area contributed by atoms with Crippen molar-refractivity contribution in [2.75, 3.05) is 20.3 Å². The number of hydrogen-bond acceptors (Lipinski definition) is 5. The lowest BCUT2D eigenvalue weighted by Gasteiger charge is -2.21. The number of aryl methyl sites for hydroxylation is 1. The molecule has 0 N–H and O–H groups in total. The molecule has 3 aromatic rings. The van der Waals surface area contributed by atoms with Crippen molar-refractivity contribution < 1.29 is 9.47 Å². The van der Waals surface area contributed by atoms with Crippen molar-refractivity contribution in [3.63, 3.8) is 0 Å². The van der Waals surface area contributed by atoms with Crippen LogP contribution in [0.3, 0.4) is 0 Å². The van der Waals surface area contributed by atoms with Gasteiger partial charge in [0.15, 0.2) is 6.23 Å². The van der Waals surface area contributed by atoms with Crippen LogP contribution in [0.2, 0.25) is 0 Å². The molecule has 1 aromatic heterocycles. The molecule has 2 aromatic carbocycles. The molecule has 4 rings (SSSR count).